The van der Waals surface area contributed by atoms with Gasteiger partial charge in [0.15, 0.2) is 0 Å². The first-order chi connectivity index (χ1) is 25.5. The molecule has 53 heavy (non-hydrogen) atoms. The Kier molecular flexibility index (Phi) is 30.8. The van der Waals surface area contributed by atoms with E-state index in [1.165, 1.54) is 122 Å². The molecule has 0 amide bonds. The molecular formula is C40H79O12P. The van der Waals surface area contributed by atoms with Gasteiger partial charge in [-0.15, -0.1) is 0 Å². The van der Waals surface area contributed by atoms with Crippen LogP contribution in [-0.2, 0) is 27.9 Å². The Labute approximate surface area is 321 Å². The summed E-state index contributed by atoms with van der Waals surface area (Å²) < 4.78 is 34.1. The lowest BCUT2D eigenvalue weighted by Crippen LogP contribution is -2.64. The molecule has 0 heterocycles. The minimum atomic E-state index is -5.00. The zero-order chi connectivity index (χ0) is 39.2. The van der Waals surface area contributed by atoms with Gasteiger partial charge in [0, 0.05) is 13.0 Å². The van der Waals surface area contributed by atoms with Gasteiger partial charge in [0.25, 0.3) is 0 Å². The minimum Gasteiger partial charge on any atom is -0.457 e. The largest absolute Gasteiger partial charge is 0.472 e. The third-order valence-electron chi connectivity index (χ3n) is 10.2. The summed E-state index contributed by atoms with van der Waals surface area (Å²) in [4.78, 5) is 23.1. The maximum atomic E-state index is 12.8. The number of carbonyl (C=O) groups excluding carboxylic acids is 1. The summed E-state index contributed by atoms with van der Waals surface area (Å²) in [5, 5.41) is 50.0. The molecule has 0 spiro atoms. The van der Waals surface area contributed by atoms with Crippen molar-refractivity contribution in [2.45, 2.75) is 230 Å². The normalized spacial score (nSPS) is 23.5. The molecule has 1 fully saturated rings. The summed E-state index contributed by atoms with van der Waals surface area (Å²) in [6.45, 7) is 4.26. The number of ether oxygens (including phenoxy) is 2. The van der Waals surface area contributed by atoms with Crippen molar-refractivity contribution in [1.82, 2.24) is 0 Å². The Morgan fingerprint density at radius 3 is 1.30 bits per heavy atom. The molecule has 1 rings (SSSR count). The number of phosphoric acid groups is 1. The highest BCUT2D eigenvalue weighted by atomic mass is 31.2. The van der Waals surface area contributed by atoms with Crippen LogP contribution in [0.4, 0.5) is 0 Å². The van der Waals surface area contributed by atoms with Gasteiger partial charge >= 0.3 is 13.8 Å². The van der Waals surface area contributed by atoms with Gasteiger partial charge in [-0.2, -0.15) is 0 Å². The molecule has 13 heteroatoms. The van der Waals surface area contributed by atoms with E-state index in [0.717, 1.165) is 38.5 Å². The Morgan fingerprint density at radius 2 is 0.887 bits per heavy atom. The lowest BCUT2D eigenvalue weighted by atomic mass is 9.85. The van der Waals surface area contributed by atoms with Crippen LogP contribution in [-0.4, -0.2) is 98.9 Å². The van der Waals surface area contributed by atoms with Crippen molar-refractivity contribution < 1.29 is 58.3 Å². The Morgan fingerprint density at radius 1 is 0.528 bits per heavy atom. The number of unbranched alkanes of at least 4 members (excludes halogenated alkanes) is 24. The fourth-order valence-corrected chi connectivity index (χ4v) is 7.74. The fraction of sp³-hybridized carbons (Fsp3) is 0.975. The van der Waals surface area contributed by atoms with Crippen LogP contribution < -0.4 is 0 Å². The first-order valence-corrected chi connectivity index (χ1v) is 22.9. The lowest BCUT2D eigenvalue weighted by Gasteiger charge is -2.41. The summed E-state index contributed by atoms with van der Waals surface area (Å²) in [6.07, 6.45) is 18.9. The smallest absolute Gasteiger partial charge is 0.457 e. The van der Waals surface area contributed by atoms with Crippen LogP contribution >= 0.6 is 7.82 Å². The molecule has 0 aromatic carbocycles. The standard InChI is InChI=1S/C40H79O12P/c1-3-5-7-9-11-13-15-17-18-19-21-23-25-27-29-34(41)51-33(31-49-30-28-26-24-22-20-16-14-12-10-8-6-4-2)32-50-53(47,48)52-40-38(45)36(43)35(42)37(44)39(40)46/h33,35-40,42-46H,3-32H2,1-2H3,(H,47,48)/t33-,35?,36-,37?,38?,39?,40?/m1/s1. The van der Waals surface area contributed by atoms with E-state index < -0.39 is 63.1 Å². The van der Waals surface area contributed by atoms with Gasteiger partial charge in [-0.1, -0.05) is 168 Å². The summed E-state index contributed by atoms with van der Waals surface area (Å²) in [6, 6.07) is 0. The van der Waals surface area contributed by atoms with E-state index in [4.69, 9.17) is 18.5 Å². The van der Waals surface area contributed by atoms with Gasteiger partial charge in [0.2, 0.25) is 0 Å². The van der Waals surface area contributed by atoms with Crippen LogP contribution in [0, 0.1) is 0 Å². The van der Waals surface area contributed by atoms with Crippen molar-refractivity contribution in [2.75, 3.05) is 19.8 Å². The second-order valence-corrected chi connectivity index (χ2v) is 16.6. The number of aliphatic hydroxyl groups is 5. The molecule has 316 valence electrons. The highest BCUT2D eigenvalue weighted by Gasteiger charge is 2.51. The van der Waals surface area contributed by atoms with E-state index in [2.05, 4.69) is 13.8 Å². The second kappa shape index (κ2) is 32.4. The van der Waals surface area contributed by atoms with E-state index in [9.17, 15) is 39.8 Å². The predicted octanol–water partition coefficient (Wildman–Crippen LogP) is 7.81. The number of esters is 1. The van der Waals surface area contributed by atoms with Gasteiger partial charge in [0.1, 0.15) is 42.7 Å². The summed E-state index contributed by atoms with van der Waals surface area (Å²) in [5.41, 5.74) is 0. The van der Waals surface area contributed by atoms with Crippen LogP contribution in [0.1, 0.15) is 187 Å². The molecule has 8 atom stereocenters. The molecule has 1 saturated carbocycles. The van der Waals surface area contributed by atoms with Gasteiger partial charge in [-0.3, -0.25) is 13.8 Å². The topological polar surface area (TPSA) is 192 Å². The second-order valence-electron chi connectivity index (χ2n) is 15.2. The van der Waals surface area contributed by atoms with E-state index >= 15 is 0 Å². The zero-order valence-corrected chi connectivity index (χ0v) is 34.2. The third kappa shape index (κ3) is 25.3. The minimum absolute atomic E-state index is 0.0686. The maximum absolute atomic E-state index is 12.8. The molecule has 1 aliphatic carbocycles. The van der Waals surface area contributed by atoms with E-state index in [1.807, 2.05) is 0 Å². The monoisotopic (exact) mass is 783 g/mol. The number of aliphatic hydroxyl groups excluding tert-OH is 5. The first-order valence-electron chi connectivity index (χ1n) is 21.4. The van der Waals surface area contributed by atoms with Gasteiger partial charge in [-0.05, 0) is 12.8 Å². The molecular weight excluding hydrogens is 703 g/mol. The van der Waals surface area contributed by atoms with Crippen LogP contribution in [0.25, 0.3) is 0 Å². The number of carbonyl (C=O) groups is 1. The summed E-state index contributed by atoms with van der Waals surface area (Å²) in [7, 11) is -5.00. The molecule has 6 N–H and O–H groups in total. The molecule has 1 aliphatic rings. The van der Waals surface area contributed by atoms with Gasteiger partial charge in [0.05, 0.1) is 13.2 Å². The van der Waals surface area contributed by atoms with Crippen molar-refractivity contribution in [1.29, 1.82) is 0 Å². The van der Waals surface area contributed by atoms with Crippen LogP contribution in [0.3, 0.4) is 0 Å². The predicted molar refractivity (Wildman–Crippen MR) is 207 cm³/mol. The van der Waals surface area contributed by atoms with Crippen LogP contribution in [0.15, 0.2) is 0 Å². The van der Waals surface area contributed by atoms with Crippen molar-refractivity contribution in [3.63, 3.8) is 0 Å². The highest BCUT2D eigenvalue weighted by Crippen LogP contribution is 2.47. The molecule has 12 nitrogen and oxygen atoms in total. The molecule has 0 aliphatic heterocycles. The molecule has 0 aromatic rings. The van der Waals surface area contributed by atoms with Crippen molar-refractivity contribution in [2.24, 2.45) is 0 Å². The van der Waals surface area contributed by atoms with Crippen LogP contribution in [0.2, 0.25) is 0 Å². The maximum Gasteiger partial charge on any atom is 0.472 e. The van der Waals surface area contributed by atoms with Crippen molar-refractivity contribution in [3.8, 4) is 0 Å². The average Bonchev–Trinajstić information content (AvgIpc) is 3.14. The van der Waals surface area contributed by atoms with Crippen molar-refractivity contribution in [3.05, 3.63) is 0 Å². The van der Waals surface area contributed by atoms with E-state index in [-0.39, 0.29) is 13.0 Å². The highest BCUT2D eigenvalue weighted by molar-refractivity contribution is 7.47. The third-order valence-corrected chi connectivity index (χ3v) is 11.2. The number of hydrogen-bond acceptors (Lipinski definition) is 11. The molecule has 0 radical (unpaired) electrons. The lowest BCUT2D eigenvalue weighted by molar-refractivity contribution is -0.220. The number of hydrogen-bond donors (Lipinski definition) is 6. The number of phosphoric ester groups is 1. The molecule has 6 unspecified atom stereocenters. The molecule has 0 aromatic heterocycles. The Hall–Kier alpha value is -0.660. The summed E-state index contributed by atoms with van der Waals surface area (Å²) in [5.74, 6) is -0.474. The van der Waals surface area contributed by atoms with E-state index in [0.29, 0.717) is 13.0 Å². The zero-order valence-electron chi connectivity index (χ0n) is 33.3. The fourth-order valence-electron chi connectivity index (χ4n) is 6.77. The Balaban J connectivity index is 2.42. The molecule has 0 bridgehead atoms. The Bertz CT molecular complexity index is 895. The SMILES string of the molecule is CCCCCCCCCCCCCCCCC(=O)O[C@H](COCCCCCCCCCCCCCC)COP(=O)(O)OC1C(O)C(O)C(O)[C@@H](O)C1O. The first kappa shape index (κ1) is 50.4. The molecule has 0 saturated heterocycles. The quantitative estimate of drug-likeness (QED) is 0.0206. The van der Waals surface area contributed by atoms with Gasteiger partial charge < -0.3 is 39.9 Å². The average molecular weight is 783 g/mol. The van der Waals surface area contributed by atoms with Crippen molar-refractivity contribution >= 4 is 13.8 Å². The van der Waals surface area contributed by atoms with Crippen LogP contribution in [0.5, 0.6) is 0 Å². The summed E-state index contributed by atoms with van der Waals surface area (Å²) >= 11 is 0. The van der Waals surface area contributed by atoms with Gasteiger partial charge in [-0.25, -0.2) is 4.57 Å². The number of rotatable bonds is 36. The van der Waals surface area contributed by atoms with E-state index in [1.54, 1.807) is 0 Å².